The number of hydrogen-bond acceptors (Lipinski definition) is 2. The number of benzene rings is 1. The van der Waals surface area contributed by atoms with Crippen molar-refractivity contribution in [2.24, 2.45) is 5.92 Å². The molecule has 0 aliphatic heterocycles. The van der Waals surface area contributed by atoms with Gasteiger partial charge >= 0.3 is 0 Å². The van der Waals surface area contributed by atoms with Gasteiger partial charge < -0.3 is 0 Å². The van der Waals surface area contributed by atoms with Crippen LogP contribution in [0.4, 0.5) is 0 Å². The van der Waals surface area contributed by atoms with Gasteiger partial charge in [-0.25, -0.2) is 0 Å². The van der Waals surface area contributed by atoms with Crippen molar-refractivity contribution in [3.8, 4) is 0 Å². The fraction of sp³-hybridized carbons (Fsp3) is 0.300. The lowest BCUT2D eigenvalue weighted by molar-refractivity contribution is -0.113. The molecule has 1 aromatic rings. The molecule has 0 spiro atoms. The fourth-order valence-corrected chi connectivity index (χ4v) is 1.74. The zero-order valence-corrected chi connectivity index (χ0v) is 9.98. The van der Waals surface area contributed by atoms with E-state index in [0.29, 0.717) is 0 Å². The summed E-state index contributed by atoms with van der Waals surface area (Å²) in [7, 11) is 0. The molecular weight excluding hydrogens is 248 g/mol. The van der Waals surface area contributed by atoms with Crippen LogP contribution in [0.2, 0.25) is 0 Å². The lowest BCUT2D eigenvalue weighted by atomic mass is 10.3. The van der Waals surface area contributed by atoms with E-state index in [2.05, 4.69) is 15.9 Å². The summed E-state index contributed by atoms with van der Waals surface area (Å²) in [6, 6.07) is 7.76. The molecule has 0 saturated heterocycles. The fourth-order valence-electron chi connectivity index (χ4n) is 0.737. The number of rotatable bonds is 2. The Balaban J connectivity index is 2.65. The van der Waals surface area contributed by atoms with Gasteiger partial charge in [-0.3, -0.25) is 4.79 Å². The van der Waals surface area contributed by atoms with Crippen LogP contribution < -0.4 is 0 Å². The van der Waals surface area contributed by atoms with E-state index < -0.39 is 0 Å². The third kappa shape index (κ3) is 3.53. The van der Waals surface area contributed by atoms with Gasteiger partial charge in [-0.15, -0.1) is 0 Å². The number of hydrogen-bond donors (Lipinski definition) is 0. The first-order valence-electron chi connectivity index (χ1n) is 4.07. The lowest BCUT2D eigenvalue weighted by Gasteiger charge is -2.02. The minimum Gasteiger partial charge on any atom is -0.287 e. The third-order valence-electron chi connectivity index (χ3n) is 1.50. The molecule has 1 aromatic carbocycles. The van der Waals surface area contributed by atoms with Gasteiger partial charge in [-0.2, -0.15) is 0 Å². The van der Waals surface area contributed by atoms with E-state index in [9.17, 15) is 4.79 Å². The molecule has 13 heavy (non-hydrogen) atoms. The third-order valence-corrected chi connectivity index (χ3v) is 3.21. The van der Waals surface area contributed by atoms with Gasteiger partial charge in [0.2, 0.25) is 0 Å². The predicted molar refractivity (Wildman–Crippen MR) is 59.8 cm³/mol. The summed E-state index contributed by atoms with van der Waals surface area (Å²) >= 11 is 4.65. The van der Waals surface area contributed by atoms with E-state index in [0.717, 1.165) is 9.37 Å². The largest absolute Gasteiger partial charge is 0.287 e. The van der Waals surface area contributed by atoms with E-state index in [1.165, 1.54) is 11.8 Å². The highest BCUT2D eigenvalue weighted by atomic mass is 79.9. The molecule has 0 radical (unpaired) electrons. The van der Waals surface area contributed by atoms with Gasteiger partial charge in [0, 0.05) is 15.3 Å². The topological polar surface area (TPSA) is 17.1 Å². The molecule has 0 N–H and O–H groups in total. The lowest BCUT2D eigenvalue weighted by Crippen LogP contribution is -2.00. The summed E-state index contributed by atoms with van der Waals surface area (Å²) in [5.41, 5.74) is 0. The van der Waals surface area contributed by atoms with Crippen LogP contribution in [0.15, 0.2) is 33.6 Å². The average Bonchev–Trinajstić information content (AvgIpc) is 2.08. The van der Waals surface area contributed by atoms with Crippen LogP contribution in [-0.2, 0) is 4.79 Å². The molecule has 0 heterocycles. The van der Waals surface area contributed by atoms with Crippen LogP contribution >= 0.6 is 27.7 Å². The quantitative estimate of drug-likeness (QED) is 0.753. The van der Waals surface area contributed by atoms with E-state index in [1.54, 1.807) is 0 Å². The van der Waals surface area contributed by atoms with Crippen molar-refractivity contribution in [1.82, 2.24) is 0 Å². The van der Waals surface area contributed by atoms with Crippen molar-refractivity contribution in [3.63, 3.8) is 0 Å². The average molecular weight is 259 g/mol. The van der Waals surface area contributed by atoms with Crippen LogP contribution in [0.5, 0.6) is 0 Å². The van der Waals surface area contributed by atoms with Gasteiger partial charge in [0.15, 0.2) is 5.12 Å². The van der Waals surface area contributed by atoms with Gasteiger partial charge in [-0.05, 0) is 24.3 Å². The summed E-state index contributed by atoms with van der Waals surface area (Å²) < 4.78 is 1.04. The van der Waals surface area contributed by atoms with E-state index in [1.807, 2.05) is 38.1 Å². The molecule has 0 fully saturated rings. The van der Waals surface area contributed by atoms with E-state index >= 15 is 0 Å². The van der Waals surface area contributed by atoms with Crippen LogP contribution in [0.25, 0.3) is 0 Å². The Morgan fingerprint density at radius 3 is 2.31 bits per heavy atom. The summed E-state index contributed by atoms with van der Waals surface area (Å²) in [5.74, 6) is 0.0913. The Bertz CT molecular complexity index is 292. The van der Waals surface area contributed by atoms with Crippen LogP contribution in [0, 0.1) is 5.92 Å². The zero-order chi connectivity index (χ0) is 9.84. The second kappa shape index (κ2) is 4.82. The Morgan fingerprint density at radius 1 is 1.31 bits per heavy atom. The maximum atomic E-state index is 11.3. The number of carbonyl (C=O) groups excluding carboxylic acids is 1. The van der Waals surface area contributed by atoms with Crippen molar-refractivity contribution >= 4 is 32.8 Å². The smallest absolute Gasteiger partial charge is 0.196 e. The maximum Gasteiger partial charge on any atom is 0.196 e. The minimum atomic E-state index is 0.0913. The van der Waals surface area contributed by atoms with Crippen molar-refractivity contribution < 1.29 is 4.79 Å². The summed E-state index contributed by atoms with van der Waals surface area (Å²) in [5, 5.41) is 0.210. The molecule has 70 valence electrons. The molecule has 0 saturated carbocycles. The number of carbonyl (C=O) groups is 1. The minimum absolute atomic E-state index is 0.0913. The summed E-state index contributed by atoms with van der Waals surface area (Å²) in [6.07, 6.45) is 0. The monoisotopic (exact) mass is 258 g/mol. The molecule has 0 atom stereocenters. The normalized spacial score (nSPS) is 10.5. The van der Waals surface area contributed by atoms with Crippen LogP contribution in [0.3, 0.4) is 0 Å². The Kier molecular flexibility index (Phi) is 4.00. The second-order valence-corrected chi connectivity index (χ2v) is 5.02. The van der Waals surface area contributed by atoms with Crippen LogP contribution in [-0.4, -0.2) is 5.12 Å². The van der Waals surface area contributed by atoms with E-state index in [4.69, 9.17) is 0 Å². The molecule has 1 nitrogen and oxygen atoms in total. The first-order valence-corrected chi connectivity index (χ1v) is 5.68. The molecule has 0 bridgehead atoms. The summed E-state index contributed by atoms with van der Waals surface area (Å²) in [4.78, 5) is 12.4. The predicted octanol–water partition coefficient (Wildman–Crippen LogP) is 3.72. The highest BCUT2D eigenvalue weighted by Crippen LogP contribution is 2.23. The highest BCUT2D eigenvalue weighted by Gasteiger charge is 2.08. The Labute approximate surface area is 91.0 Å². The molecule has 0 amide bonds. The first-order chi connectivity index (χ1) is 6.09. The van der Waals surface area contributed by atoms with Crippen molar-refractivity contribution in [3.05, 3.63) is 28.7 Å². The van der Waals surface area contributed by atoms with Crippen molar-refractivity contribution in [1.29, 1.82) is 0 Å². The van der Waals surface area contributed by atoms with E-state index in [-0.39, 0.29) is 11.0 Å². The molecule has 3 heteroatoms. The molecular formula is C10H11BrOS. The SMILES string of the molecule is CC(C)C(=O)Sc1ccc(Br)cc1. The zero-order valence-electron chi connectivity index (χ0n) is 7.58. The maximum absolute atomic E-state index is 11.3. The number of thioether (sulfide) groups is 1. The van der Waals surface area contributed by atoms with Crippen LogP contribution in [0.1, 0.15) is 13.8 Å². The molecule has 0 aromatic heterocycles. The van der Waals surface area contributed by atoms with Crippen molar-refractivity contribution in [2.45, 2.75) is 18.7 Å². The van der Waals surface area contributed by atoms with Crippen molar-refractivity contribution in [2.75, 3.05) is 0 Å². The Morgan fingerprint density at radius 2 is 1.85 bits per heavy atom. The van der Waals surface area contributed by atoms with Gasteiger partial charge in [0.25, 0.3) is 0 Å². The second-order valence-electron chi connectivity index (χ2n) is 3.03. The van der Waals surface area contributed by atoms with Gasteiger partial charge in [0.05, 0.1) is 0 Å². The Hall–Kier alpha value is -0.280. The molecule has 0 unspecified atom stereocenters. The first kappa shape index (κ1) is 10.8. The standard InChI is InChI=1S/C10H11BrOS/c1-7(2)10(12)13-9-5-3-8(11)4-6-9/h3-7H,1-2H3. The molecule has 0 aliphatic rings. The molecule has 1 rings (SSSR count). The highest BCUT2D eigenvalue weighted by molar-refractivity contribution is 9.10. The number of halogens is 1. The van der Waals surface area contributed by atoms with Gasteiger partial charge in [0.1, 0.15) is 0 Å². The molecule has 0 aliphatic carbocycles. The van der Waals surface area contributed by atoms with Gasteiger partial charge in [-0.1, -0.05) is 41.5 Å². The summed E-state index contributed by atoms with van der Waals surface area (Å²) in [6.45, 7) is 3.82.